The number of hydrogen-bond donors (Lipinski definition) is 0. The molecule has 0 radical (unpaired) electrons. The summed E-state index contributed by atoms with van der Waals surface area (Å²) in [5.74, 6) is 0.382. The molecule has 114 valence electrons. The van der Waals surface area contributed by atoms with Crippen molar-refractivity contribution in [3.05, 3.63) is 29.8 Å². The quantitative estimate of drug-likeness (QED) is 0.794. The number of amides is 1. The van der Waals surface area contributed by atoms with Gasteiger partial charge in [-0.1, -0.05) is 17.7 Å². The number of hydrogen-bond acceptors (Lipinski definition) is 4. The third-order valence-corrected chi connectivity index (χ3v) is 3.77. The van der Waals surface area contributed by atoms with Gasteiger partial charge < -0.3 is 14.4 Å². The van der Waals surface area contributed by atoms with Crippen molar-refractivity contribution in [1.82, 2.24) is 4.90 Å². The smallest absolute Gasteiger partial charge is 0.308 e. The number of ether oxygens (including phenoxy) is 2. The molecule has 0 spiro atoms. The SMILES string of the molecule is COC(=O)C1CCN(C(=O)COc2ccc(C)cc2)CC1. The largest absolute Gasteiger partial charge is 0.484 e. The molecule has 1 amide bonds. The summed E-state index contributed by atoms with van der Waals surface area (Å²) in [6, 6.07) is 7.60. The zero-order valence-electron chi connectivity index (χ0n) is 12.5. The maximum absolute atomic E-state index is 12.1. The van der Waals surface area contributed by atoms with Crippen LogP contribution in [-0.4, -0.2) is 43.6 Å². The Bertz CT molecular complexity index is 490. The molecule has 1 fully saturated rings. The summed E-state index contributed by atoms with van der Waals surface area (Å²) in [7, 11) is 1.40. The van der Waals surface area contributed by atoms with E-state index in [9.17, 15) is 9.59 Å². The topological polar surface area (TPSA) is 55.8 Å². The van der Waals surface area contributed by atoms with Crippen molar-refractivity contribution in [1.29, 1.82) is 0 Å². The van der Waals surface area contributed by atoms with E-state index in [0.717, 1.165) is 5.56 Å². The van der Waals surface area contributed by atoms with Gasteiger partial charge >= 0.3 is 5.97 Å². The number of nitrogens with zero attached hydrogens (tertiary/aromatic N) is 1. The second-order valence-electron chi connectivity index (χ2n) is 5.28. The normalized spacial score (nSPS) is 15.6. The molecule has 0 unspecified atom stereocenters. The number of methoxy groups -OCH3 is 1. The van der Waals surface area contributed by atoms with Crippen LogP contribution < -0.4 is 4.74 Å². The Kier molecular flexibility index (Phi) is 5.20. The summed E-state index contributed by atoms with van der Waals surface area (Å²) >= 11 is 0. The van der Waals surface area contributed by atoms with Crippen molar-refractivity contribution in [3.8, 4) is 5.75 Å². The Morgan fingerprint density at radius 3 is 2.38 bits per heavy atom. The van der Waals surface area contributed by atoms with Gasteiger partial charge in [0.1, 0.15) is 5.75 Å². The molecule has 0 atom stereocenters. The van der Waals surface area contributed by atoms with Gasteiger partial charge in [0.05, 0.1) is 13.0 Å². The Morgan fingerprint density at radius 2 is 1.81 bits per heavy atom. The number of piperidine rings is 1. The number of likely N-dealkylation sites (tertiary alicyclic amines) is 1. The Balaban J connectivity index is 1.77. The summed E-state index contributed by atoms with van der Waals surface area (Å²) in [4.78, 5) is 25.2. The van der Waals surface area contributed by atoms with Crippen molar-refractivity contribution < 1.29 is 19.1 Å². The van der Waals surface area contributed by atoms with Crippen molar-refractivity contribution in [2.75, 3.05) is 26.8 Å². The zero-order valence-corrected chi connectivity index (χ0v) is 12.5. The van der Waals surface area contributed by atoms with E-state index in [4.69, 9.17) is 9.47 Å². The standard InChI is InChI=1S/C16H21NO4/c1-12-3-5-14(6-4-12)21-11-15(18)17-9-7-13(8-10-17)16(19)20-2/h3-6,13H,7-11H2,1-2H3. The van der Waals surface area contributed by atoms with Crippen molar-refractivity contribution in [2.45, 2.75) is 19.8 Å². The van der Waals surface area contributed by atoms with E-state index in [1.807, 2.05) is 31.2 Å². The predicted octanol–water partition coefficient (Wildman–Crippen LogP) is 1.79. The van der Waals surface area contributed by atoms with Crippen LogP contribution in [0.5, 0.6) is 5.75 Å². The summed E-state index contributed by atoms with van der Waals surface area (Å²) in [6.45, 7) is 3.19. The number of aryl methyl sites for hydroxylation is 1. The van der Waals surface area contributed by atoms with Gasteiger partial charge in [-0.15, -0.1) is 0 Å². The lowest BCUT2D eigenvalue weighted by molar-refractivity contribution is -0.149. The molecular weight excluding hydrogens is 270 g/mol. The Labute approximate surface area is 124 Å². The average Bonchev–Trinajstić information content (AvgIpc) is 2.53. The van der Waals surface area contributed by atoms with Crippen molar-refractivity contribution in [2.24, 2.45) is 5.92 Å². The maximum atomic E-state index is 12.1. The van der Waals surface area contributed by atoms with E-state index in [-0.39, 0.29) is 24.4 Å². The summed E-state index contributed by atoms with van der Waals surface area (Å²) < 4.78 is 10.2. The van der Waals surface area contributed by atoms with Crippen LogP contribution in [0.15, 0.2) is 24.3 Å². The Hall–Kier alpha value is -2.04. The number of carbonyl (C=O) groups is 2. The molecule has 1 aliphatic heterocycles. The average molecular weight is 291 g/mol. The van der Waals surface area contributed by atoms with Crippen LogP contribution in [0.4, 0.5) is 0 Å². The van der Waals surface area contributed by atoms with Gasteiger partial charge in [-0.25, -0.2) is 0 Å². The number of benzene rings is 1. The highest BCUT2D eigenvalue weighted by Crippen LogP contribution is 2.19. The van der Waals surface area contributed by atoms with Crippen LogP contribution >= 0.6 is 0 Å². The van der Waals surface area contributed by atoms with Crippen molar-refractivity contribution in [3.63, 3.8) is 0 Å². The monoisotopic (exact) mass is 291 g/mol. The molecule has 1 aromatic carbocycles. The first-order valence-corrected chi connectivity index (χ1v) is 7.15. The minimum absolute atomic E-state index is 0.0337. The highest BCUT2D eigenvalue weighted by molar-refractivity contribution is 5.78. The highest BCUT2D eigenvalue weighted by Gasteiger charge is 2.27. The van der Waals surface area contributed by atoms with Gasteiger partial charge in [0.2, 0.25) is 0 Å². The van der Waals surface area contributed by atoms with Gasteiger partial charge in [-0.2, -0.15) is 0 Å². The summed E-state index contributed by atoms with van der Waals surface area (Å²) in [5, 5.41) is 0. The molecule has 0 bridgehead atoms. The first-order valence-electron chi connectivity index (χ1n) is 7.15. The van der Waals surface area contributed by atoms with Gasteiger partial charge in [-0.05, 0) is 31.9 Å². The van der Waals surface area contributed by atoms with E-state index in [1.54, 1.807) is 4.90 Å². The highest BCUT2D eigenvalue weighted by atomic mass is 16.5. The second kappa shape index (κ2) is 7.11. The third-order valence-electron chi connectivity index (χ3n) is 3.77. The van der Waals surface area contributed by atoms with Crippen LogP contribution in [0.25, 0.3) is 0 Å². The van der Waals surface area contributed by atoms with E-state index in [0.29, 0.717) is 31.7 Å². The van der Waals surface area contributed by atoms with Crippen LogP contribution in [0, 0.1) is 12.8 Å². The lowest BCUT2D eigenvalue weighted by Crippen LogP contribution is -2.42. The minimum Gasteiger partial charge on any atom is -0.484 e. The lowest BCUT2D eigenvalue weighted by atomic mass is 9.97. The molecule has 0 aliphatic carbocycles. The minimum atomic E-state index is -0.182. The lowest BCUT2D eigenvalue weighted by Gasteiger charge is -2.30. The van der Waals surface area contributed by atoms with Gasteiger partial charge in [0.25, 0.3) is 5.91 Å². The van der Waals surface area contributed by atoms with Crippen LogP contribution in [0.1, 0.15) is 18.4 Å². The van der Waals surface area contributed by atoms with Crippen LogP contribution in [0.2, 0.25) is 0 Å². The molecule has 2 rings (SSSR count). The number of rotatable bonds is 4. The second-order valence-corrected chi connectivity index (χ2v) is 5.28. The van der Waals surface area contributed by atoms with Crippen molar-refractivity contribution >= 4 is 11.9 Å². The zero-order chi connectivity index (χ0) is 15.2. The number of esters is 1. The van der Waals surface area contributed by atoms with Gasteiger partial charge in [0.15, 0.2) is 6.61 Å². The van der Waals surface area contributed by atoms with Gasteiger partial charge in [0, 0.05) is 13.1 Å². The van der Waals surface area contributed by atoms with E-state index >= 15 is 0 Å². The first kappa shape index (κ1) is 15.4. The fourth-order valence-corrected chi connectivity index (χ4v) is 2.40. The number of carbonyl (C=O) groups excluding carboxylic acids is 2. The van der Waals surface area contributed by atoms with E-state index in [2.05, 4.69) is 0 Å². The predicted molar refractivity (Wildman–Crippen MR) is 78.0 cm³/mol. The first-order chi connectivity index (χ1) is 10.1. The molecule has 1 heterocycles. The maximum Gasteiger partial charge on any atom is 0.308 e. The summed E-state index contributed by atoms with van der Waals surface area (Å²) in [6.07, 6.45) is 1.31. The molecule has 21 heavy (non-hydrogen) atoms. The molecule has 5 nitrogen and oxygen atoms in total. The molecule has 0 aromatic heterocycles. The van der Waals surface area contributed by atoms with Crippen LogP contribution in [0.3, 0.4) is 0 Å². The van der Waals surface area contributed by atoms with E-state index in [1.165, 1.54) is 7.11 Å². The Morgan fingerprint density at radius 1 is 1.19 bits per heavy atom. The molecule has 0 N–H and O–H groups in total. The van der Waals surface area contributed by atoms with Gasteiger partial charge in [-0.3, -0.25) is 9.59 Å². The summed E-state index contributed by atoms with van der Waals surface area (Å²) in [5.41, 5.74) is 1.15. The third kappa shape index (κ3) is 4.21. The molecule has 1 aliphatic rings. The molecule has 0 saturated carbocycles. The molecule has 1 saturated heterocycles. The molecule has 1 aromatic rings. The molecule has 5 heteroatoms. The van der Waals surface area contributed by atoms with E-state index < -0.39 is 0 Å². The fourth-order valence-electron chi connectivity index (χ4n) is 2.40. The fraction of sp³-hybridized carbons (Fsp3) is 0.500. The molecular formula is C16H21NO4. The van der Waals surface area contributed by atoms with Crippen LogP contribution in [-0.2, 0) is 14.3 Å².